The van der Waals surface area contributed by atoms with Crippen molar-refractivity contribution in [3.05, 3.63) is 150 Å². The third-order valence-electron chi connectivity index (χ3n) is 12.2. The van der Waals surface area contributed by atoms with E-state index in [1.165, 1.54) is 111 Å². The molecule has 0 saturated heterocycles. The van der Waals surface area contributed by atoms with Gasteiger partial charge < -0.3 is 0 Å². The molecule has 5 heteroatoms. The molecule has 0 saturated carbocycles. The Kier molecular flexibility index (Phi) is 6.29. The second-order valence-electron chi connectivity index (χ2n) is 14.9. The molecule has 248 valence electrons. The van der Waals surface area contributed by atoms with Crippen LogP contribution >= 0.6 is 0 Å². The van der Waals surface area contributed by atoms with Crippen LogP contribution in [-0.4, -0.2) is 30.8 Å². The van der Waals surface area contributed by atoms with Crippen molar-refractivity contribution < 1.29 is 4.74 Å². The van der Waals surface area contributed by atoms with E-state index in [2.05, 4.69) is 137 Å². The van der Waals surface area contributed by atoms with Gasteiger partial charge in [0.05, 0.1) is 0 Å². The Labute approximate surface area is 310 Å². The second kappa shape index (κ2) is 11.1. The van der Waals surface area contributed by atoms with Gasteiger partial charge in [0.1, 0.15) is 0 Å². The fraction of sp³-hybridized carbons (Fsp3) is 0.149. The van der Waals surface area contributed by atoms with E-state index < -0.39 is 0 Å². The molecule has 12 rings (SSSR count). The normalized spacial score (nSPS) is 15.2. The Morgan fingerprint density at radius 1 is 0.500 bits per heavy atom. The summed E-state index contributed by atoms with van der Waals surface area (Å²) in [6.07, 6.45) is 8.29. The summed E-state index contributed by atoms with van der Waals surface area (Å²) in [6, 6.07) is 48.0. The van der Waals surface area contributed by atoms with Crippen molar-refractivity contribution in [2.24, 2.45) is 0 Å². The molecular weight excluding hydrogens is 698 g/mol. The van der Waals surface area contributed by atoms with E-state index in [1.807, 2.05) is 0 Å². The maximum atomic E-state index is 7.20. The second-order valence-corrected chi connectivity index (χ2v) is 17.2. The number of hydrogen-bond acceptors (Lipinski definition) is 1. The van der Waals surface area contributed by atoms with Gasteiger partial charge in [-0.3, -0.25) is 0 Å². The number of aromatic nitrogens is 2. The van der Waals surface area contributed by atoms with Crippen LogP contribution in [-0.2, 0) is 25.7 Å². The van der Waals surface area contributed by atoms with Crippen LogP contribution in [0.25, 0.3) is 44.3 Å². The van der Waals surface area contributed by atoms with Crippen LogP contribution in [0.1, 0.15) is 41.8 Å². The summed E-state index contributed by atoms with van der Waals surface area (Å²) in [4.78, 5) is 0. The van der Waals surface area contributed by atoms with Crippen molar-refractivity contribution in [2.45, 2.75) is 44.9 Å². The zero-order valence-electron chi connectivity index (χ0n) is 28.9. The molecule has 0 N–H and O–H groups in total. The molecule has 0 unspecified atom stereocenters. The van der Waals surface area contributed by atoms with E-state index in [0.717, 1.165) is 37.2 Å². The first-order valence-electron chi connectivity index (χ1n) is 18.9. The topological polar surface area (TPSA) is 19.1 Å². The van der Waals surface area contributed by atoms with Crippen molar-refractivity contribution in [3.8, 4) is 34.0 Å². The number of benzene rings is 6. The predicted octanol–water partition coefficient (Wildman–Crippen LogP) is 7.20. The number of para-hydroxylation sites is 2. The molecule has 6 aromatic carbocycles. The SMILES string of the molecule is c1ccc(-c2ccc3c(c2)B2c4ccc(-n5c6c(c7ccccc75)CCC6)cc4Oc4cc(-n5c6c(c7ccccc75)CCCC6)cc(c42)[Se]3)cc1. The van der Waals surface area contributed by atoms with Gasteiger partial charge in [-0.25, -0.2) is 0 Å². The predicted molar refractivity (Wildman–Crippen MR) is 217 cm³/mol. The average Bonchev–Trinajstić information content (AvgIpc) is 3.89. The molecule has 0 bridgehead atoms. The molecule has 0 atom stereocenters. The van der Waals surface area contributed by atoms with Crippen molar-refractivity contribution in [1.82, 2.24) is 9.13 Å². The number of aryl methyl sites for hydroxylation is 2. The first-order valence-corrected chi connectivity index (χ1v) is 20.6. The Bertz CT molecular complexity index is 2790. The van der Waals surface area contributed by atoms with Crippen LogP contribution in [0, 0.1) is 0 Å². The summed E-state index contributed by atoms with van der Waals surface area (Å²) in [5.74, 6) is 2.00. The first kappa shape index (κ1) is 29.4. The molecule has 52 heavy (non-hydrogen) atoms. The van der Waals surface area contributed by atoms with Crippen LogP contribution in [0.15, 0.2) is 127 Å². The van der Waals surface area contributed by atoms with E-state index in [-0.39, 0.29) is 21.7 Å². The quantitative estimate of drug-likeness (QED) is 0.176. The van der Waals surface area contributed by atoms with E-state index >= 15 is 0 Å². The summed E-state index contributed by atoms with van der Waals surface area (Å²) >= 11 is 0.148. The summed E-state index contributed by atoms with van der Waals surface area (Å²) in [6.45, 7) is 0.119. The fourth-order valence-corrected chi connectivity index (χ4v) is 12.4. The zero-order valence-corrected chi connectivity index (χ0v) is 30.6. The van der Waals surface area contributed by atoms with Gasteiger partial charge in [-0.1, -0.05) is 0 Å². The van der Waals surface area contributed by atoms with Crippen molar-refractivity contribution in [1.29, 1.82) is 0 Å². The van der Waals surface area contributed by atoms with Crippen LogP contribution in [0.5, 0.6) is 11.5 Å². The summed E-state index contributed by atoms with van der Waals surface area (Å²) in [7, 11) is 0. The molecule has 4 heterocycles. The molecule has 0 amide bonds. The van der Waals surface area contributed by atoms with Crippen LogP contribution in [0.3, 0.4) is 0 Å². The standard InChI is InChI=1S/C47H35BN2OSe/c1-2-11-29(12-3-1)30-21-24-45-38(25-30)48-37-23-22-31(49-39-17-7-4-15-35(39)36-16-10-20-42(36)49)26-43(37)51-44-27-32(28-46(52-45)47(44)48)50-40-18-8-5-13-33(40)34-14-6-9-19-41(34)50/h1-5,7-8,11-13,15,17-18,21-28H,6,9-10,14,16,19-20H2. The molecule has 2 aromatic heterocycles. The van der Waals surface area contributed by atoms with Crippen molar-refractivity contribution in [3.63, 3.8) is 0 Å². The van der Waals surface area contributed by atoms with Crippen LogP contribution < -0.4 is 30.0 Å². The average molecular weight is 734 g/mol. The third-order valence-corrected chi connectivity index (χ3v) is 14.6. The maximum absolute atomic E-state index is 7.20. The molecule has 0 spiro atoms. The molecular formula is C47H35BN2OSe. The fourth-order valence-electron chi connectivity index (χ4n) is 9.97. The molecule has 8 aromatic rings. The van der Waals surface area contributed by atoms with E-state index in [1.54, 1.807) is 0 Å². The van der Waals surface area contributed by atoms with E-state index in [0.29, 0.717) is 0 Å². The van der Waals surface area contributed by atoms with Gasteiger partial charge in [-0.15, -0.1) is 0 Å². The number of hydrogen-bond donors (Lipinski definition) is 0. The first-order chi connectivity index (χ1) is 25.8. The molecule has 2 aliphatic heterocycles. The number of rotatable bonds is 3. The van der Waals surface area contributed by atoms with Gasteiger partial charge in [-0.05, 0) is 0 Å². The van der Waals surface area contributed by atoms with Gasteiger partial charge in [-0.2, -0.15) is 0 Å². The van der Waals surface area contributed by atoms with Crippen molar-refractivity contribution >= 4 is 68.8 Å². The van der Waals surface area contributed by atoms with Crippen LogP contribution in [0.4, 0.5) is 0 Å². The number of nitrogens with zero attached hydrogens (tertiary/aromatic N) is 2. The summed E-state index contributed by atoms with van der Waals surface area (Å²) < 4.78 is 15.2. The van der Waals surface area contributed by atoms with Gasteiger partial charge >= 0.3 is 312 Å². The van der Waals surface area contributed by atoms with Crippen molar-refractivity contribution in [2.75, 3.05) is 0 Å². The molecule has 0 fully saturated rings. The Morgan fingerprint density at radius 2 is 1.17 bits per heavy atom. The van der Waals surface area contributed by atoms with Gasteiger partial charge in [0, 0.05) is 0 Å². The monoisotopic (exact) mass is 734 g/mol. The molecule has 4 aliphatic rings. The minimum absolute atomic E-state index is 0.119. The Morgan fingerprint density at radius 3 is 1.98 bits per heavy atom. The van der Waals surface area contributed by atoms with Crippen LogP contribution in [0.2, 0.25) is 0 Å². The molecule has 0 radical (unpaired) electrons. The molecule has 2 aliphatic carbocycles. The minimum atomic E-state index is 0.119. The van der Waals surface area contributed by atoms with E-state index in [9.17, 15) is 0 Å². The third kappa shape index (κ3) is 4.15. The van der Waals surface area contributed by atoms with Gasteiger partial charge in [0.25, 0.3) is 0 Å². The summed E-state index contributed by atoms with van der Waals surface area (Å²) in [5.41, 5.74) is 17.7. The number of ether oxygens (including phenoxy) is 1. The summed E-state index contributed by atoms with van der Waals surface area (Å²) in [5, 5.41) is 2.81. The Balaban J connectivity index is 1.09. The number of fused-ring (bicyclic) bond motifs is 10. The van der Waals surface area contributed by atoms with Gasteiger partial charge in [0.15, 0.2) is 0 Å². The van der Waals surface area contributed by atoms with E-state index in [4.69, 9.17) is 4.74 Å². The van der Waals surface area contributed by atoms with Gasteiger partial charge in [0.2, 0.25) is 0 Å². The zero-order chi connectivity index (χ0) is 33.9. The molecule has 3 nitrogen and oxygen atoms in total. The Hall–Kier alpha value is -5.22.